The average Bonchev–Trinajstić information content (AvgIpc) is 2.61. The molecule has 0 atom stereocenters. The number of nitrogens with one attached hydrogen (secondary N) is 1. The summed E-state index contributed by atoms with van der Waals surface area (Å²) in [5, 5.41) is 1.67. The van der Waals surface area contributed by atoms with Crippen LogP contribution in [0.25, 0.3) is 21.8 Å². The maximum absolute atomic E-state index is 12.2. The maximum atomic E-state index is 12.2. The van der Waals surface area contributed by atoms with Crippen LogP contribution in [0.15, 0.2) is 53.3 Å². The number of para-hydroxylation sites is 2. The van der Waals surface area contributed by atoms with Crippen molar-refractivity contribution in [1.29, 1.82) is 0 Å². The Balaban J connectivity index is 1.57. The molecule has 0 fully saturated rings. The first-order chi connectivity index (χ1) is 12.6. The molecule has 0 radical (unpaired) electrons. The Bertz CT molecular complexity index is 1150. The first-order valence-electron chi connectivity index (χ1n) is 8.49. The van der Waals surface area contributed by atoms with E-state index in [0.717, 1.165) is 22.4 Å². The average molecular weight is 345 g/mol. The lowest BCUT2D eigenvalue weighted by Crippen LogP contribution is -2.23. The third-order valence-corrected chi connectivity index (χ3v) is 4.33. The van der Waals surface area contributed by atoms with Gasteiger partial charge in [-0.2, -0.15) is 0 Å². The molecule has 6 heteroatoms. The van der Waals surface area contributed by atoms with Crippen molar-refractivity contribution in [1.82, 2.24) is 24.8 Å². The highest BCUT2D eigenvalue weighted by Crippen LogP contribution is 2.15. The molecule has 0 saturated carbocycles. The van der Waals surface area contributed by atoms with Crippen molar-refractivity contribution in [2.24, 2.45) is 0 Å². The zero-order valence-electron chi connectivity index (χ0n) is 14.7. The summed E-state index contributed by atoms with van der Waals surface area (Å²) in [4.78, 5) is 30.9. The lowest BCUT2D eigenvalue weighted by molar-refractivity contribution is 0.303. The summed E-state index contributed by atoms with van der Waals surface area (Å²) in [6, 6.07) is 15.3. The Kier molecular flexibility index (Phi) is 4.18. The smallest absolute Gasteiger partial charge is 0.258 e. The molecule has 0 aliphatic heterocycles. The number of fused-ring (bicyclic) bond motifs is 2. The molecule has 130 valence electrons. The second-order valence-corrected chi connectivity index (χ2v) is 6.44. The van der Waals surface area contributed by atoms with Gasteiger partial charge < -0.3 is 4.98 Å². The van der Waals surface area contributed by atoms with Gasteiger partial charge in [-0.3, -0.25) is 9.69 Å². The van der Waals surface area contributed by atoms with Gasteiger partial charge in [0.25, 0.3) is 5.56 Å². The van der Waals surface area contributed by atoms with E-state index in [2.05, 4.69) is 19.9 Å². The van der Waals surface area contributed by atoms with Gasteiger partial charge >= 0.3 is 0 Å². The van der Waals surface area contributed by atoms with Crippen molar-refractivity contribution < 1.29 is 0 Å². The third-order valence-electron chi connectivity index (χ3n) is 4.33. The molecular formula is C20H19N5O. The van der Waals surface area contributed by atoms with E-state index in [1.54, 1.807) is 6.07 Å². The van der Waals surface area contributed by atoms with E-state index in [-0.39, 0.29) is 5.56 Å². The first kappa shape index (κ1) is 16.4. The van der Waals surface area contributed by atoms with E-state index < -0.39 is 0 Å². The van der Waals surface area contributed by atoms with Crippen LogP contribution in [-0.4, -0.2) is 31.9 Å². The van der Waals surface area contributed by atoms with Crippen LogP contribution >= 0.6 is 0 Å². The number of aromatic amines is 1. The number of H-pyrrole nitrogens is 1. The monoisotopic (exact) mass is 345 g/mol. The van der Waals surface area contributed by atoms with Gasteiger partial charge in [0.05, 0.1) is 29.5 Å². The Morgan fingerprint density at radius 3 is 2.31 bits per heavy atom. The molecule has 0 unspecified atom stereocenters. The van der Waals surface area contributed by atoms with Crippen LogP contribution in [0.4, 0.5) is 0 Å². The number of nitrogens with zero attached hydrogens (tertiary/aromatic N) is 4. The number of aryl methyl sites for hydroxylation is 1. The normalized spacial score (nSPS) is 11.5. The molecule has 0 saturated heterocycles. The van der Waals surface area contributed by atoms with Crippen molar-refractivity contribution in [3.05, 3.63) is 76.2 Å². The fraction of sp³-hybridized carbons (Fsp3) is 0.200. The van der Waals surface area contributed by atoms with Gasteiger partial charge in [0, 0.05) is 11.1 Å². The van der Waals surface area contributed by atoms with E-state index in [0.29, 0.717) is 29.8 Å². The lowest BCUT2D eigenvalue weighted by atomic mass is 10.2. The highest BCUT2D eigenvalue weighted by atomic mass is 16.1. The molecule has 4 aromatic rings. The molecule has 0 spiro atoms. The second kappa shape index (κ2) is 6.65. The standard InChI is InChI=1S/C20H19N5O/c1-13-14-7-3-5-9-16(14)22-18(21-13)11-25(2)12-19-23-17-10-6-4-8-15(17)20(26)24-19/h3-10H,11-12H2,1-2H3,(H,23,24,26). The minimum absolute atomic E-state index is 0.114. The summed E-state index contributed by atoms with van der Waals surface area (Å²) in [5.74, 6) is 1.39. The molecule has 2 heterocycles. The van der Waals surface area contributed by atoms with E-state index in [9.17, 15) is 4.79 Å². The number of rotatable bonds is 4. The summed E-state index contributed by atoms with van der Waals surface area (Å²) < 4.78 is 0. The quantitative estimate of drug-likeness (QED) is 0.615. The molecule has 0 bridgehead atoms. The molecule has 1 N–H and O–H groups in total. The van der Waals surface area contributed by atoms with Crippen LogP contribution in [0.5, 0.6) is 0 Å². The summed E-state index contributed by atoms with van der Waals surface area (Å²) in [5.41, 5.74) is 2.51. The zero-order chi connectivity index (χ0) is 18.1. The highest BCUT2D eigenvalue weighted by molar-refractivity contribution is 5.80. The van der Waals surface area contributed by atoms with Crippen molar-refractivity contribution in [3.8, 4) is 0 Å². The summed E-state index contributed by atoms with van der Waals surface area (Å²) in [6.07, 6.45) is 0. The minimum Gasteiger partial charge on any atom is -0.309 e. The Morgan fingerprint density at radius 2 is 1.54 bits per heavy atom. The van der Waals surface area contributed by atoms with Crippen LogP contribution in [0.1, 0.15) is 17.3 Å². The number of hydrogen-bond acceptors (Lipinski definition) is 5. The largest absolute Gasteiger partial charge is 0.309 e. The summed E-state index contributed by atoms with van der Waals surface area (Å²) >= 11 is 0. The summed E-state index contributed by atoms with van der Waals surface area (Å²) in [6.45, 7) is 3.08. The fourth-order valence-electron chi connectivity index (χ4n) is 3.13. The SMILES string of the molecule is Cc1nc(CN(C)Cc2nc3ccccc3c(=O)[nH]2)nc2ccccc12. The fourth-order valence-corrected chi connectivity index (χ4v) is 3.13. The zero-order valence-corrected chi connectivity index (χ0v) is 14.7. The van der Waals surface area contributed by atoms with Crippen LogP contribution in [0, 0.1) is 6.92 Å². The molecule has 0 aliphatic carbocycles. The van der Waals surface area contributed by atoms with Gasteiger partial charge in [-0.05, 0) is 32.2 Å². The van der Waals surface area contributed by atoms with Crippen LogP contribution in [0.2, 0.25) is 0 Å². The molecule has 4 rings (SSSR count). The van der Waals surface area contributed by atoms with Crippen molar-refractivity contribution >= 4 is 21.8 Å². The van der Waals surface area contributed by atoms with E-state index in [1.807, 2.05) is 61.3 Å². The predicted octanol–water partition coefficient (Wildman–Crippen LogP) is 2.81. The molecule has 2 aromatic carbocycles. The van der Waals surface area contributed by atoms with E-state index in [1.165, 1.54) is 0 Å². The highest BCUT2D eigenvalue weighted by Gasteiger charge is 2.10. The third kappa shape index (κ3) is 3.19. The number of benzene rings is 2. The molecule has 6 nitrogen and oxygen atoms in total. The molecule has 0 aliphatic rings. The van der Waals surface area contributed by atoms with Gasteiger partial charge in [0.1, 0.15) is 11.6 Å². The molecule has 26 heavy (non-hydrogen) atoms. The topological polar surface area (TPSA) is 74.8 Å². The van der Waals surface area contributed by atoms with Crippen molar-refractivity contribution in [2.45, 2.75) is 20.0 Å². The predicted molar refractivity (Wildman–Crippen MR) is 102 cm³/mol. The lowest BCUT2D eigenvalue weighted by Gasteiger charge is -2.16. The number of hydrogen-bond donors (Lipinski definition) is 1. The van der Waals surface area contributed by atoms with Gasteiger partial charge in [-0.15, -0.1) is 0 Å². The van der Waals surface area contributed by atoms with E-state index >= 15 is 0 Å². The van der Waals surface area contributed by atoms with E-state index in [4.69, 9.17) is 0 Å². The van der Waals surface area contributed by atoms with Gasteiger partial charge in [0.2, 0.25) is 0 Å². The van der Waals surface area contributed by atoms with Crippen LogP contribution < -0.4 is 5.56 Å². The number of aromatic nitrogens is 4. The van der Waals surface area contributed by atoms with Crippen LogP contribution in [0.3, 0.4) is 0 Å². The Hall–Kier alpha value is -3.12. The Morgan fingerprint density at radius 1 is 0.885 bits per heavy atom. The summed E-state index contributed by atoms with van der Waals surface area (Å²) in [7, 11) is 1.96. The second-order valence-electron chi connectivity index (χ2n) is 6.44. The Labute approximate surface area is 150 Å². The molecule has 0 amide bonds. The van der Waals surface area contributed by atoms with Gasteiger partial charge in [-0.25, -0.2) is 15.0 Å². The van der Waals surface area contributed by atoms with Gasteiger partial charge in [0.15, 0.2) is 0 Å². The van der Waals surface area contributed by atoms with Crippen LogP contribution in [-0.2, 0) is 13.1 Å². The maximum Gasteiger partial charge on any atom is 0.258 e. The van der Waals surface area contributed by atoms with Gasteiger partial charge in [-0.1, -0.05) is 30.3 Å². The minimum atomic E-state index is -0.114. The first-order valence-corrected chi connectivity index (χ1v) is 8.49. The molecule has 2 aromatic heterocycles. The van der Waals surface area contributed by atoms with Crippen molar-refractivity contribution in [3.63, 3.8) is 0 Å². The molecular weight excluding hydrogens is 326 g/mol. The van der Waals surface area contributed by atoms with Crippen molar-refractivity contribution in [2.75, 3.05) is 7.05 Å².